The van der Waals surface area contributed by atoms with Gasteiger partial charge < -0.3 is 18.6 Å². The van der Waals surface area contributed by atoms with Gasteiger partial charge in [0, 0.05) is 112 Å². The molecule has 0 spiro atoms. The van der Waals surface area contributed by atoms with Crippen molar-refractivity contribution in [3.63, 3.8) is 0 Å². The summed E-state index contributed by atoms with van der Waals surface area (Å²) in [6, 6.07) is 137. The Morgan fingerprint density at radius 2 is 0.579 bits per heavy atom. The lowest BCUT2D eigenvalue weighted by molar-refractivity contribution is 0.660. The van der Waals surface area contributed by atoms with E-state index in [0.717, 1.165) is 83.6 Å². The van der Waals surface area contributed by atoms with Gasteiger partial charge in [-0.25, -0.2) is 0 Å². The molecule has 17 aromatic carbocycles. The second-order valence-electron chi connectivity index (χ2n) is 31.4. The van der Waals surface area contributed by atoms with E-state index in [1.807, 2.05) is 46.9 Å². The summed E-state index contributed by atoms with van der Waals surface area (Å²) in [4.78, 5) is 4.88. The van der Waals surface area contributed by atoms with E-state index >= 15 is 0 Å². The van der Waals surface area contributed by atoms with Gasteiger partial charge in [-0.05, 0) is 204 Å². The fourth-order valence-corrected chi connectivity index (χ4v) is 21.1. The molecular weight excluding hydrogens is 1420 g/mol. The zero-order valence-electron chi connectivity index (χ0n) is 63.3. The lowest BCUT2D eigenvalue weighted by atomic mass is 9.82. The molecule has 0 unspecified atom stereocenters. The van der Waals surface area contributed by atoms with Crippen molar-refractivity contribution in [3.05, 3.63) is 398 Å². The maximum Gasteiger partial charge on any atom is 0.135 e. The molecule has 0 aliphatic heterocycles. The lowest BCUT2D eigenvalue weighted by Crippen LogP contribution is -2.17. The molecule has 6 heteroatoms. The van der Waals surface area contributed by atoms with Crippen LogP contribution in [0, 0.1) is 0 Å². The highest BCUT2D eigenvalue weighted by Gasteiger charge is 2.38. The first-order valence-corrected chi connectivity index (χ1v) is 40.9. The highest BCUT2D eigenvalue weighted by molar-refractivity contribution is 7.26. The van der Waals surface area contributed by atoms with Gasteiger partial charge in [-0.3, -0.25) is 0 Å². The van der Waals surface area contributed by atoms with Crippen molar-refractivity contribution in [2.45, 2.75) is 38.5 Å². The number of hydrogen-bond acceptors (Lipinski definition) is 6. The van der Waals surface area contributed by atoms with Gasteiger partial charge in [0.2, 0.25) is 0 Å². The highest BCUT2D eigenvalue weighted by Crippen LogP contribution is 2.56. The van der Waals surface area contributed by atoms with Gasteiger partial charge >= 0.3 is 0 Å². The molecule has 114 heavy (non-hydrogen) atoms. The van der Waals surface area contributed by atoms with Crippen LogP contribution in [0.5, 0.6) is 0 Å². The number of fused-ring (bicyclic) bond motifs is 18. The van der Waals surface area contributed by atoms with E-state index in [1.165, 1.54) is 135 Å². The van der Waals surface area contributed by atoms with E-state index in [4.69, 9.17) is 8.83 Å². The SMILES string of the molecule is CC1(C)c2ccccc2-c2ccc(N(c3ccc(-c4ccc5oc6ccccc6c5c4)cc3)c3ccc(-c4ccc5c(sc6ccccc65)c4-c4ccccc4)cc3)cc21.CC1(C)c2ccccc2-c2ccc(N(c3ccc(-c4ccc5oc6ccccc6c5c4)cc3)c3ccc4c(sc5ccccc54)c3-c3ccccc3)cc21. The Labute approximate surface area is 669 Å². The number of nitrogens with zero attached hydrogens (tertiary/aromatic N) is 2. The third kappa shape index (κ3) is 10.9. The van der Waals surface area contributed by atoms with Crippen LogP contribution in [-0.4, -0.2) is 0 Å². The van der Waals surface area contributed by atoms with E-state index in [1.54, 1.807) is 0 Å². The van der Waals surface area contributed by atoms with Crippen LogP contribution in [0.3, 0.4) is 0 Å². The van der Waals surface area contributed by atoms with Gasteiger partial charge in [0.15, 0.2) is 0 Å². The van der Waals surface area contributed by atoms with Gasteiger partial charge in [-0.1, -0.05) is 289 Å². The zero-order valence-corrected chi connectivity index (χ0v) is 65.0. The monoisotopic (exact) mass is 1490 g/mol. The van der Waals surface area contributed by atoms with E-state index in [9.17, 15) is 0 Å². The molecule has 0 bridgehead atoms. The summed E-state index contributed by atoms with van der Waals surface area (Å²) in [6.45, 7) is 9.43. The van der Waals surface area contributed by atoms with Crippen LogP contribution in [0.4, 0.5) is 34.1 Å². The average molecular weight is 1500 g/mol. The Hall–Kier alpha value is -13.6. The molecule has 540 valence electrons. The number of furan rings is 2. The first kappa shape index (κ1) is 67.3. The molecule has 0 saturated carbocycles. The molecule has 21 aromatic rings. The van der Waals surface area contributed by atoms with Crippen molar-refractivity contribution in [1.82, 2.24) is 0 Å². The molecular formula is C108H74N2O2S2. The summed E-state index contributed by atoms with van der Waals surface area (Å²) in [5.41, 5.74) is 33.0. The van der Waals surface area contributed by atoms with Crippen molar-refractivity contribution >= 4 is 141 Å². The fourth-order valence-electron chi connectivity index (χ4n) is 18.5. The highest BCUT2D eigenvalue weighted by atomic mass is 32.1. The topological polar surface area (TPSA) is 32.8 Å². The number of para-hydroxylation sites is 2. The lowest BCUT2D eigenvalue weighted by Gasteiger charge is -2.30. The predicted octanol–water partition coefficient (Wildman–Crippen LogP) is 31.8. The minimum Gasteiger partial charge on any atom is -0.456 e. The number of anilines is 6. The quantitative estimate of drug-likeness (QED) is 0.129. The van der Waals surface area contributed by atoms with Gasteiger partial charge in [-0.2, -0.15) is 0 Å². The Morgan fingerprint density at radius 3 is 1.09 bits per heavy atom. The molecule has 0 fully saturated rings. The van der Waals surface area contributed by atoms with Gasteiger partial charge in [0.25, 0.3) is 0 Å². The summed E-state index contributed by atoms with van der Waals surface area (Å²) in [7, 11) is 0. The van der Waals surface area contributed by atoms with Crippen LogP contribution in [0.25, 0.3) is 162 Å². The normalized spacial score (nSPS) is 13.1. The van der Waals surface area contributed by atoms with Gasteiger partial charge in [0.05, 0.1) is 5.69 Å². The first-order valence-electron chi connectivity index (χ1n) is 39.2. The zero-order chi connectivity index (χ0) is 75.9. The maximum absolute atomic E-state index is 6.15. The Kier molecular flexibility index (Phi) is 15.7. The molecule has 0 saturated heterocycles. The summed E-state index contributed by atoms with van der Waals surface area (Å²) >= 11 is 3.77. The second-order valence-corrected chi connectivity index (χ2v) is 33.5. The van der Waals surface area contributed by atoms with Crippen molar-refractivity contribution in [3.8, 4) is 77.9 Å². The molecule has 0 amide bonds. The van der Waals surface area contributed by atoms with Crippen LogP contribution in [0.15, 0.2) is 385 Å². The van der Waals surface area contributed by atoms with Gasteiger partial charge in [-0.15, -0.1) is 22.7 Å². The standard InChI is InChI=1S/C57H39NOS.C51H35NOS/c1-57(2)50-17-9-6-14-44(50)45-30-29-42(35-51(45)57)58(40-25-20-36(21-26-40)39-24-33-53-49(34-39)46-15-7-10-18-52(46)59-53)41-27-22-37(23-28-41)43-31-32-48-47-16-8-11-19-54(47)60-56(48)55(43)38-12-4-3-5-13-38;1-51(2)43-17-9-6-14-37(43)38-26-25-36(31-44(38)51)52(35-23-20-32(21-24-35)34-22-29-47-42(30-34)39-15-7-10-18-46(39)53-47)45-28-27-41-40-16-8-11-19-48(40)54-50(41)49(45)33-12-4-3-5-13-33/h3-35H,1-2H3;3-31H,1-2H3. The van der Waals surface area contributed by atoms with Crippen LogP contribution in [0.1, 0.15) is 49.9 Å². The third-order valence-electron chi connectivity index (χ3n) is 24.2. The Morgan fingerprint density at radius 1 is 0.219 bits per heavy atom. The second kappa shape index (κ2) is 26.5. The summed E-state index contributed by atoms with van der Waals surface area (Å²) < 4.78 is 17.5. The van der Waals surface area contributed by atoms with Crippen LogP contribution >= 0.6 is 22.7 Å². The number of rotatable bonds is 11. The van der Waals surface area contributed by atoms with Crippen molar-refractivity contribution in [2.75, 3.05) is 9.80 Å². The first-order chi connectivity index (χ1) is 56.0. The van der Waals surface area contributed by atoms with Crippen LogP contribution in [-0.2, 0) is 10.8 Å². The summed E-state index contributed by atoms with van der Waals surface area (Å²) in [6.07, 6.45) is 0. The van der Waals surface area contributed by atoms with E-state index in [0.29, 0.717) is 0 Å². The molecule has 4 heterocycles. The molecule has 4 nitrogen and oxygen atoms in total. The van der Waals surface area contributed by atoms with Crippen molar-refractivity contribution < 1.29 is 8.83 Å². The Bertz CT molecular complexity index is 7400. The van der Waals surface area contributed by atoms with Crippen LogP contribution in [0.2, 0.25) is 0 Å². The number of hydrogen-bond donors (Lipinski definition) is 0. The fraction of sp³-hybridized carbons (Fsp3) is 0.0556. The van der Waals surface area contributed by atoms with E-state index in [2.05, 4.69) is 389 Å². The predicted molar refractivity (Wildman–Crippen MR) is 485 cm³/mol. The maximum atomic E-state index is 6.15. The van der Waals surface area contributed by atoms with Crippen molar-refractivity contribution in [1.29, 1.82) is 0 Å². The summed E-state index contributed by atoms with van der Waals surface area (Å²) in [5.74, 6) is 0. The molecule has 23 rings (SSSR count). The largest absolute Gasteiger partial charge is 0.456 e. The molecule has 4 aromatic heterocycles. The Balaban J connectivity index is 0.000000140. The average Bonchev–Trinajstić information content (AvgIpc) is 1.45. The minimum absolute atomic E-state index is 0.115. The van der Waals surface area contributed by atoms with Crippen LogP contribution < -0.4 is 9.80 Å². The number of thiophene rings is 2. The minimum atomic E-state index is -0.120. The van der Waals surface area contributed by atoms with E-state index < -0.39 is 0 Å². The molecule has 0 atom stereocenters. The number of benzene rings is 17. The third-order valence-corrected chi connectivity index (χ3v) is 26.6. The van der Waals surface area contributed by atoms with Crippen molar-refractivity contribution in [2.24, 2.45) is 0 Å². The summed E-state index contributed by atoms with van der Waals surface area (Å²) in [5, 5.41) is 9.78. The smallest absolute Gasteiger partial charge is 0.135 e. The van der Waals surface area contributed by atoms with E-state index in [-0.39, 0.29) is 10.8 Å². The molecule has 0 radical (unpaired) electrons. The van der Waals surface area contributed by atoms with Gasteiger partial charge in [0.1, 0.15) is 22.3 Å². The molecule has 2 aliphatic carbocycles. The molecule has 0 N–H and O–H groups in total. The molecule has 2 aliphatic rings.